The van der Waals surface area contributed by atoms with Crippen LogP contribution in [-0.2, 0) is 9.59 Å². The Hall–Kier alpha value is -2.77. The third-order valence-corrected chi connectivity index (χ3v) is 3.11. The van der Waals surface area contributed by atoms with Crippen molar-refractivity contribution in [2.24, 2.45) is 0 Å². The Morgan fingerprint density at radius 1 is 1.27 bits per heavy atom. The van der Waals surface area contributed by atoms with Crippen LogP contribution < -0.4 is 10.6 Å². The Morgan fingerprint density at radius 2 is 2.05 bits per heavy atom. The maximum atomic E-state index is 11.9. The van der Waals surface area contributed by atoms with Gasteiger partial charge in [0.05, 0.1) is 6.04 Å². The number of carbonyl (C=O) groups is 2. The smallest absolute Gasteiger partial charge is 0.233 e. The number of hydrogen-bond donors (Lipinski definition) is 3. The van der Waals surface area contributed by atoms with Gasteiger partial charge in [-0.1, -0.05) is 17.3 Å². The molecule has 0 radical (unpaired) electrons. The highest BCUT2D eigenvalue weighted by Gasteiger charge is 2.16. The largest absolute Gasteiger partial charge is 0.346 e. The second-order valence-corrected chi connectivity index (χ2v) is 5.10. The third kappa shape index (κ3) is 4.11. The molecule has 1 heterocycles. The molecule has 2 rings (SSSR count). The van der Waals surface area contributed by atoms with Gasteiger partial charge in [0, 0.05) is 5.69 Å². The van der Waals surface area contributed by atoms with Gasteiger partial charge in [-0.3, -0.25) is 9.59 Å². The van der Waals surface area contributed by atoms with E-state index in [-0.39, 0.29) is 12.3 Å². The van der Waals surface area contributed by atoms with E-state index in [1.807, 2.05) is 32.0 Å². The number of nitrogens with one attached hydrogen (secondary N) is 3. The summed E-state index contributed by atoms with van der Waals surface area (Å²) in [7, 11) is 0. The van der Waals surface area contributed by atoms with Crippen LogP contribution in [0.15, 0.2) is 18.2 Å². The first-order valence-corrected chi connectivity index (χ1v) is 6.85. The van der Waals surface area contributed by atoms with E-state index in [9.17, 15) is 9.59 Å². The molecule has 0 saturated heterocycles. The summed E-state index contributed by atoms with van der Waals surface area (Å²) < 4.78 is 0. The normalized spacial score (nSPS) is 11.8. The highest BCUT2D eigenvalue weighted by molar-refractivity contribution is 6.03. The van der Waals surface area contributed by atoms with Gasteiger partial charge in [0.2, 0.25) is 11.8 Å². The van der Waals surface area contributed by atoms with Crippen LogP contribution in [0.5, 0.6) is 0 Å². The van der Waals surface area contributed by atoms with E-state index in [0.717, 1.165) is 11.1 Å². The first-order valence-electron chi connectivity index (χ1n) is 6.85. The van der Waals surface area contributed by atoms with Gasteiger partial charge in [-0.25, -0.2) is 0 Å². The summed E-state index contributed by atoms with van der Waals surface area (Å²) in [6, 6.07) is 5.33. The summed E-state index contributed by atoms with van der Waals surface area (Å²) in [4.78, 5) is 23.8. The summed E-state index contributed by atoms with van der Waals surface area (Å²) in [6.45, 7) is 5.55. The number of carbonyl (C=O) groups excluding carboxylic acids is 2. The lowest BCUT2D eigenvalue weighted by Crippen LogP contribution is -2.31. The zero-order valence-corrected chi connectivity index (χ0v) is 12.7. The van der Waals surface area contributed by atoms with Crippen molar-refractivity contribution in [3.8, 4) is 0 Å². The van der Waals surface area contributed by atoms with Gasteiger partial charge < -0.3 is 10.6 Å². The van der Waals surface area contributed by atoms with Gasteiger partial charge in [-0.05, 0) is 38.0 Å². The Balaban J connectivity index is 1.89. The van der Waals surface area contributed by atoms with Crippen LogP contribution >= 0.6 is 0 Å². The van der Waals surface area contributed by atoms with Crippen molar-refractivity contribution in [1.82, 2.24) is 25.9 Å². The van der Waals surface area contributed by atoms with E-state index in [4.69, 9.17) is 0 Å². The van der Waals surface area contributed by atoms with Crippen LogP contribution in [0.3, 0.4) is 0 Å². The molecule has 0 spiro atoms. The van der Waals surface area contributed by atoms with E-state index in [0.29, 0.717) is 11.5 Å². The predicted octanol–water partition coefficient (Wildman–Crippen LogP) is 1.02. The van der Waals surface area contributed by atoms with E-state index in [2.05, 4.69) is 31.3 Å². The number of hydrogen-bond acceptors (Lipinski definition) is 5. The molecular formula is C14H18N6O2. The number of aryl methyl sites for hydroxylation is 2. The van der Waals surface area contributed by atoms with Crippen molar-refractivity contribution in [1.29, 1.82) is 0 Å². The van der Waals surface area contributed by atoms with Crippen molar-refractivity contribution < 1.29 is 9.59 Å². The van der Waals surface area contributed by atoms with Crippen molar-refractivity contribution >= 4 is 17.5 Å². The Kier molecular flexibility index (Phi) is 4.82. The molecule has 1 aromatic carbocycles. The lowest BCUT2D eigenvalue weighted by Gasteiger charge is -2.11. The fourth-order valence-corrected chi connectivity index (χ4v) is 1.92. The van der Waals surface area contributed by atoms with Gasteiger partial charge in [0.25, 0.3) is 0 Å². The average molecular weight is 302 g/mol. The summed E-state index contributed by atoms with van der Waals surface area (Å²) in [5.41, 5.74) is 2.69. The maximum Gasteiger partial charge on any atom is 0.233 e. The van der Waals surface area contributed by atoms with Crippen molar-refractivity contribution in [2.45, 2.75) is 33.2 Å². The Morgan fingerprint density at radius 3 is 2.73 bits per heavy atom. The molecule has 0 fully saturated rings. The second-order valence-electron chi connectivity index (χ2n) is 5.10. The number of aromatic nitrogens is 4. The molecule has 0 bridgehead atoms. The van der Waals surface area contributed by atoms with Crippen LogP contribution in [-0.4, -0.2) is 32.4 Å². The van der Waals surface area contributed by atoms with Gasteiger partial charge in [-0.2, -0.15) is 5.21 Å². The van der Waals surface area contributed by atoms with E-state index < -0.39 is 11.9 Å². The lowest BCUT2D eigenvalue weighted by atomic mass is 10.1. The van der Waals surface area contributed by atoms with Crippen molar-refractivity contribution in [2.75, 3.05) is 5.32 Å². The SMILES string of the molecule is Cc1ccc(C)c(NC(=O)CC(=O)N[C@@H](C)c2nn[nH]n2)c1. The predicted molar refractivity (Wildman–Crippen MR) is 79.9 cm³/mol. The zero-order valence-electron chi connectivity index (χ0n) is 12.7. The number of aromatic amines is 1. The van der Waals surface area contributed by atoms with Crippen LogP contribution in [0.1, 0.15) is 36.3 Å². The van der Waals surface area contributed by atoms with Gasteiger partial charge in [0.1, 0.15) is 6.42 Å². The molecule has 1 atom stereocenters. The van der Waals surface area contributed by atoms with Gasteiger partial charge in [0.15, 0.2) is 5.82 Å². The van der Waals surface area contributed by atoms with Crippen LogP contribution in [0.2, 0.25) is 0 Å². The molecule has 0 saturated carbocycles. The van der Waals surface area contributed by atoms with Crippen molar-refractivity contribution in [3.05, 3.63) is 35.2 Å². The van der Waals surface area contributed by atoms with E-state index >= 15 is 0 Å². The number of amides is 2. The summed E-state index contributed by atoms with van der Waals surface area (Å²) in [5.74, 6) is -0.407. The van der Waals surface area contributed by atoms with Crippen molar-refractivity contribution in [3.63, 3.8) is 0 Å². The standard InChI is InChI=1S/C14H18N6O2/c1-8-4-5-9(2)11(6-8)16-13(22)7-12(21)15-10(3)14-17-19-20-18-14/h4-6,10H,7H2,1-3H3,(H,15,21)(H,16,22)(H,17,18,19,20)/t10-/m0/s1. The van der Waals surface area contributed by atoms with Crippen LogP contribution in [0, 0.1) is 13.8 Å². The molecule has 22 heavy (non-hydrogen) atoms. The van der Waals surface area contributed by atoms with Gasteiger partial charge in [-0.15, -0.1) is 10.2 Å². The molecular weight excluding hydrogens is 284 g/mol. The molecule has 0 unspecified atom stereocenters. The Bertz CT molecular complexity index is 668. The van der Waals surface area contributed by atoms with E-state index in [1.165, 1.54) is 0 Å². The topological polar surface area (TPSA) is 113 Å². The molecule has 0 aliphatic heterocycles. The highest BCUT2D eigenvalue weighted by atomic mass is 16.2. The minimum Gasteiger partial charge on any atom is -0.346 e. The molecule has 3 N–H and O–H groups in total. The lowest BCUT2D eigenvalue weighted by molar-refractivity contribution is -0.127. The molecule has 2 amide bonds. The van der Waals surface area contributed by atoms with Crippen LogP contribution in [0.25, 0.3) is 0 Å². The monoisotopic (exact) mass is 302 g/mol. The average Bonchev–Trinajstić information content (AvgIpc) is 2.96. The fraction of sp³-hybridized carbons (Fsp3) is 0.357. The first-order chi connectivity index (χ1) is 10.5. The fourth-order valence-electron chi connectivity index (χ4n) is 1.92. The third-order valence-electron chi connectivity index (χ3n) is 3.11. The number of nitrogens with zero attached hydrogens (tertiary/aromatic N) is 3. The molecule has 2 aromatic rings. The molecule has 116 valence electrons. The number of benzene rings is 1. The highest BCUT2D eigenvalue weighted by Crippen LogP contribution is 2.16. The summed E-state index contributed by atoms with van der Waals surface area (Å²) >= 11 is 0. The van der Waals surface area contributed by atoms with Gasteiger partial charge >= 0.3 is 0 Å². The molecule has 0 aliphatic carbocycles. The summed E-state index contributed by atoms with van der Waals surface area (Å²) in [6.07, 6.45) is -0.268. The molecule has 8 heteroatoms. The number of rotatable bonds is 5. The number of tetrazole rings is 1. The molecule has 8 nitrogen and oxygen atoms in total. The minimum atomic E-state index is -0.417. The second kappa shape index (κ2) is 6.79. The quantitative estimate of drug-likeness (QED) is 0.714. The first kappa shape index (κ1) is 15.6. The zero-order chi connectivity index (χ0) is 16.1. The number of anilines is 1. The summed E-state index contributed by atoms with van der Waals surface area (Å²) in [5, 5.41) is 18.7. The maximum absolute atomic E-state index is 11.9. The molecule has 1 aromatic heterocycles. The number of H-pyrrole nitrogens is 1. The Labute approximate surface area is 127 Å². The molecule has 0 aliphatic rings. The van der Waals surface area contributed by atoms with E-state index in [1.54, 1.807) is 6.92 Å². The van der Waals surface area contributed by atoms with Crippen LogP contribution in [0.4, 0.5) is 5.69 Å². The minimum absolute atomic E-state index is 0.268.